The highest BCUT2D eigenvalue weighted by atomic mass is 19.4. The van der Waals surface area contributed by atoms with Gasteiger partial charge in [0.25, 0.3) is 0 Å². The summed E-state index contributed by atoms with van der Waals surface area (Å²) < 4.78 is 42.0. The van der Waals surface area contributed by atoms with Crippen LogP contribution in [0, 0.1) is 0 Å². The summed E-state index contributed by atoms with van der Waals surface area (Å²) in [7, 11) is 0. The molecule has 0 aliphatic heterocycles. The van der Waals surface area contributed by atoms with Gasteiger partial charge in [-0.1, -0.05) is 0 Å². The molecule has 4 N–H and O–H groups in total. The number of ether oxygens (including phenoxy) is 1. The number of nitrogens with two attached hydrogens (primary N) is 1. The third-order valence-electron chi connectivity index (χ3n) is 2.52. The Morgan fingerprint density at radius 2 is 1.67 bits per heavy atom. The molecule has 1 aromatic rings. The first-order chi connectivity index (χ1) is 9.61. The molecule has 21 heavy (non-hydrogen) atoms. The van der Waals surface area contributed by atoms with Crippen LogP contribution in [-0.4, -0.2) is 34.3 Å². The summed E-state index contributed by atoms with van der Waals surface area (Å²) in [4.78, 5) is 21.5. The maximum Gasteiger partial charge on any atom is 0.416 e. The van der Waals surface area contributed by atoms with Gasteiger partial charge in [0.1, 0.15) is 11.8 Å². The van der Waals surface area contributed by atoms with Gasteiger partial charge in [-0.05, 0) is 24.3 Å². The van der Waals surface area contributed by atoms with E-state index < -0.39 is 42.2 Å². The van der Waals surface area contributed by atoms with Crippen molar-refractivity contribution in [2.24, 2.45) is 5.73 Å². The average molecular weight is 307 g/mol. The van der Waals surface area contributed by atoms with Crippen molar-refractivity contribution in [1.29, 1.82) is 0 Å². The number of carboxylic acid groups (broad SMARTS) is 2. The minimum Gasteiger partial charge on any atom is -0.480 e. The molecule has 0 fully saturated rings. The Kier molecular flexibility index (Phi) is 5.14. The van der Waals surface area contributed by atoms with Crippen molar-refractivity contribution < 1.29 is 37.7 Å². The van der Waals surface area contributed by atoms with Crippen LogP contribution in [0.2, 0.25) is 0 Å². The van der Waals surface area contributed by atoms with Crippen molar-refractivity contribution in [1.82, 2.24) is 0 Å². The molecular weight excluding hydrogens is 295 g/mol. The lowest BCUT2D eigenvalue weighted by Crippen LogP contribution is -2.39. The molecule has 1 aromatic carbocycles. The molecule has 0 amide bonds. The number of halogens is 3. The number of carboxylic acids is 2. The van der Waals surface area contributed by atoms with Gasteiger partial charge >= 0.3 is 18.1 Å². The molecule has 1 rings (SSSR count). The Hall–Kier alpha value is -2.29. The van der Waals surface area contributed by atoms with Gasteiger partial charge in [0.15, 0.2) is 6.10 Å². The van der Waals surface area contributed by atoms with Crippen LogP contribution < -0.4 is 10.5 Å². The summed E-state index contributed by atoms with van der Waals surface area (Å²) in [5.74, 6) is -3.00. The summed E-state index contributed by atoms with van der Waals surface area (Å²) in [5.41, 5.74) is 4.29. The number of rotatable bonds is 6. The SMILES string of the molecule is NC(CC(Oc1ccc(C(F)(F)F)cc1)C(=O)O)C(=O)O. The largest absolute Gasteiger partial charge is 0.480 e. The van der Waals surface area contributed by atoms with E-state index in [1.165, 1.54) is 0 Å². The fourth-order valence-corrected chi connectivity index (χ4v) is 1.42. The second kappa shape index (κ2) is 6.44. The van der Waals surface area contributed by atoms with E-state index in [1.54, 1.807) is 0 Å². The standard InChI is InChI=1S/C12H12F3NO5/c13-12(14,15)6-1-3-7(4-2-6)21-9(11(19)20)5-8(16)10(17)18/h1-4,8-9H,5,16H2,(H,17,18)(H,19,20). The summed E-state index contributed by atoms with van der Waals surface area (Å²) in [6.45, 7) is 0. The lowest BCUT2D eigenvalue weighted by Gasteiger charge is -2.17. The molecule has 0 aromatic heterocycles. The highest BCUT2D eigenvalue weighted by molar-refractivity contribution is 5.77. The van der Waals surface area contributed by atoms with Crippen molar-refractivity contribution in [2.45, 2.75) is 24.7 Å². The number of aliphatic carboxylic acids is 2. The smallest absolute Gasteiger partial charge is 0.416 e. The number of hydrogen-bond acceptors (Lipinski definition) is 4. The fraction of sp³-hybridized carbons (Fsp3) is 0.333. The van der Waals surface area contributed by atoms with Crippen molar-refractivity contribution in [3.63, 3.8) is 0 Å². The van der Waals surface area contributed by atoms with Gasteiger partial charge in [0, 0.05) is 6.42 Å². The quantitative estimate of drug-likeness (QED) is 0.731. The molecule has 116 valence electrons. The van der Waals surface area contributed by atoms with Crippen LogP contribution >= 0.6 is 0 Å². The Morgan fingerprint density at radius 1 is 1.14 bits per heavy atom. The molecule has 0 radical (unpaired) electrons. The highest BCUT2D eigenvalue weighted by Crippen LogP contribution is 2.30. The monoisotopic (exact) mass is 307 g/mol. The Bertz CT molecular complexity index is 515. The molecule has 9 heteroatoms. The van der Waals surface area contributed by atoms with Crippen molar-refractivity contribution in [3.8, 4) is 5.75 Å². The number of carbonyl (C=O) groups is 2. The van der Waals surface area contributed by atoms with Gasteiger partial charge < -0.3 is 20.7 Å². The van der Waals surface area contributed by atoms with Gasteiger partial charge in [0.2, 0.25) is 0 Å². The summed E-state index contributed by atoms with van der Waals surface area (Å²) in [6.07, 6.45) is -6.62. The first-order valence-electron chi connectivity index (χ1n) is 5.66. The van der Waals surface area contributed by atoms with E-state index in [4.69, 9.17) is 20.7 Å². The van der Waals surface area contributed by atoms with E-state index in [9.17, 15) is 22.8 Å². The van der Waals surface area contributed by atoms with Crippen LogP contribution in [0.1, 0.15) is 12.0 Å². The highest BCUT2D eigenvalue weighted by Gasteiger charge is 2.30. The fourth-order valence-electron chi connectivity index (χ4n) is 1.42. The summed E-state index contributed by atoms with van der Waals surface area (Å²) in [5, 5.41) is 17.5. The lowest BCUT2D eigenvalue weighted by molar-refractivity contribution is -0.147. The van der Waals surface area contributed by atoms with Crippen molar-refractivity contribution in [3.05, 3.63) is 29.8 Å². The average Bonchev–Trinajstić information content (AvgIpc) is 2.37. The predicted octanol–water partition coefficient (Wildman–Crippen LogP) is 1.34. The number of alkyl halides is 3. The number of benzene rings is 1. The normalized spacial score (nSPS) is 14.3. The van der Waals surface area contributed by atoms with Gasteiger partial charge in [-0.3, -0.25) is 4.79 Å². The Morgan fingerprint density at radius 3 is 2.05 bits per heavy atom. The maximum atomic E-state index is 12.4. The maximum absolute atomic E-state index is 12.4. The summed E-state index contributed by atoms with van der Waals surface area (Å²) in [6, 6.07) is 1.90. The van der Waals surface area contributed by atoms with E-state index in [0.717, 1.165) is 24.3 Å². The van der Waals surface area contributed by atoms with Crippen LogP contribution in [0.3, 0.4) is 0 Å². The zero-order chi connectivity index (χ0) is 16.2. The first kappa shape index (κ1) is 16.8. The van der Waals surface area contributed by atoms with Crippen LogP contribution in [0.25, 0.3) is 0 Å². The third kappa shape index (κ3) is 4.95. The van der Waals surface area contributed by atoms with E-state index in [2.05, 4.69) is 0 Å². The van der Waals surface area contributed by atoms with Crippen LogP contribution in [-0.2, 0) is 15.8 Å². The van der Waals surface area contributed by atoms with Gasteiger partial charge in [-0.15, -0.1) is 0 Å². The molecule has 2 atom stereocenters. The van der Waals surface area contributed by atoms with E-state index in [-0.39, 0.29) is 5.75 Å². The van der Waals surface area contributed by atoms with Crippen molar-refractivity contribution >= 4 is 11.9 Å². The van der Waals surface area contributed by atoms with Gasteiger partial charge in [0.05, 0.1) is 5.56 Å². The molecule has 0 heterocycles. The zero-order valence-corrected chi connectivity index (χ0v) is 10.5. The minimum atomic E-state index is -4.52. The second-order valence-electron chi connectivity index (χ2n) is 4.15. The first-order valence-corrected chi connectivity index (χ1v) is 5.66. The molecule has 0 bridgehead atoms. The molecule has 0 saturated carbocycles. The van der Waals surface area contributed by atoms with E-state index >= 15 is 0 Å². The van der Waals surface area contributed by atoms with Crippen LogP contribution in [0.15, 0.2) is 24.3 Å². The molecule has 2 unspecified atom stereocenters. The van der Waals surface area contributed by atoms with Gasteiger partial charge in [-0.2, -0.15) is 13.2 Å². The van der Waals surface area contributed by atoms with E-state index in [0.29, 0.717) is 0 Å². The molecule has 0 spiro atoms. The van der Waals surface area contributed by atoms with Gasteiger partial charge in [-0.25, -0.2) is 4.79 Å². The molecule has 0 aliphatic carbocycles. The predicted molar refractivity (Wildman–Crippen MR) is 63.7 cm³/mol. The molecule has 0 aliphatic rings. The molecule has 6 nitrogen and oxygen atoms in total. The van der Waals surface area contributed by atoms with Crippen molar-refractivity contribution in [2.75, 3.05) is 0 Å². The number of hydrogen-bond donors (Lipinski definition) is 3. The molecule has 0 saturated heterocycles. The minimum absolute atomic E-state index is 0.131. The summed E-state index contributed by atoms with van der Waals surface area (Å²) >= 11 is 0. The Balaban J connectivity index is 2.80. The molecular formula is C12H12F3NO5. The van der Waals surface area contributed by atoms with Crippen LogP contribution in [0.4, 0.5) is 13.2 Å². The van der Waals surface area contributed by atoms with Crippen LogP contribution in [0.5, 0.6) is 5.75 Å². The topological polar surface area (TPSA) is 110 Å². The zero-order valence-electron chi connectivity index (χ0n) is 10.5. The third-order valence-corrected chi connectivity index (χ3v) is 2.52. The van der Waals surface area contributed by atoms with E-state index in [1.807, 2.05) is 0 Å². The lowest BCUT2D eigenvalue weighted by atomic mass is 10.1. The Labute approximate surface area is 116 Å². The second-order valence-corrected chi connectivity index (χ2v) is 4.15.